The maximum absolute atomic E-state index is 12.2. The van der Waals surface area contributed by atoms with E-state index in [9.17, 15) is 9.59 Å². The number of halogens is 1. The number of rotatable bonds is 6. The number of benzene rings is 3. The number of nitrogens with zero attached hydrogens (tertiary/aromatic N) is 2. The molecule has 6 nitrogen and oxygen atoms in total. The Bertz CT molecular complexity index is 1040. The molecule has 30 heavy (non-hydrogen) atoms. The maximum Gasteiger partial charge on any atom is 0.271 e. The summed E-state index contributed by atoms with van der Waals surface area (Å²) in [5.74, 6) is -0.597. The van der Waals surface area contributed by atoms with E-state index in [0.717, 1.165) is 11.3 Å². The topological polar surface area (TPSA) is 73.8 Å². The van der Waals surface area contributed by atoms with E-state index >= 15 is 0 Å². The number of amides is 2. The summed E-state index contributed by atoms with van der Waals surface area (Å²) in [7, 11) is 3.94. The van der Waals surface area contributed by atoms with E-state index in [-0.39, 0.29) is 11.8 Å². The first-order valence-electron chi connectivity index (χ1n) is 9.20. The van der Waals surface area contributed by atoms with Gasteiger partial charge in [0, 0.05) is 41.6 Å². The molecule has 3 aromatic rings. The molecule has 0 bridgehead atoms. The predicted molar refractivity (Wildman–Crippen MR) is 122 cm³/mol. The highest BCUT2D eigenvalue weighted by Crippen LogP contribution is 2.14. The normalized spacial score (nSPS) is 10.6. The van der Waals surface area contributed by atoms with Crippen molar-refractivity contribution in [2.45, 2.75) is 0 Å². The van der Waals surface area contributed by atoms with Gasteiger partial charge in [-0.25, -0.2) is 5.43 Å². The smallest absolute Gasteiger partial charge is 0.271 e. The van der Waals surface area contributed by atoms with Crippen LogP contribution in [0.5, 0.6) is 0 Å². The summed E-state index contributed by atoms with van der Waals surface area (Å²) in [4.78, 5) is 26.5. The number of carbonyl (C=O) groups is 2. The van der Waals surface area contributed by atoms with E-state index < -0.39 is 0 Å². The average Bonchev–Trinajstić information content (AvgIpc) is 2.75. The first-order valence-corrected chi connectivity index (χ1v) is 9.58. The standard InChI is InChI=1S/C23H21ClN4O2/c1-28(2)21-13-3-16(4-14-21)15-25-27-23(30)18-7-11-20(12-8-18)26-22(29)17-5-9-19(24)10-6-17/h3-15H,1-2H3,(H,26,29)(H,27,30)/b25-15-. The third-order valence-corrected chi connectivity index (χ3v) is 4.55. The molecule has 7 heteroatoms. The van der Waals surface area contributed by atoms with Crippen molar-refractivity contribution in [2.24, 2.45) is 5.10 Å². The SMILES string of the molecule is CN(C)c1ccc(/C=N\NC(=O)c2ccc(NC(=O)c3ccc(Cl)cc3)cc2)cc1. The van der Waals surface area contributed by atoms with Crippen LogP contribution in [0.2, 0.25) is 5.02 Å². The molecule has 3 aromatic carbocycles. The van der Waals surface area contributed by atoms with Gasteiger partial charge in [0.1, 0.15) is 0 Å². The van der Waals surface area contributed by atoms with Crippen LogP contribution in [0.25, 0.3) is 0 Å². The Balaban J connectivity index is 1.55. The molecule has 0 unspecified atom stereocenters. The first-order chi connectivity index (χ1) is 14.4. The van der Waals surface area contributed by atoms with E-state index in [1.54, 1.807) is 54.7 Å². The van der Waals surface area contributed by atoms with Gasteiger partial charge in [-0.05, 0) is 66.2 Å². The van der Waals surface area contributed by atoms with Gasteiger partial charge in [-0.15, -0.1) is 0 Å². The van der Waals surface area contributed by atoms with Crippen LogP contribution >= 0.6 is 11.6 Å². The summed E-state index contributed by atoms with van der Waals surface area (Å²) in [6.45, 7) is 0. The highest BCUT2D eigenvalue weighted by molar-refractivity contribution is 6.30. The average molecular weight is 421 g/mol. The molecule has 0 fully saturated rings. The molecule has 0 spiro atoms. The molecule has 0 saturated heterocycles. The van der Waals surface area contributed by atoms with Crippen LogP contribution in [-0.2, 0) is 0 Å². The number of hydrogen-bond acceptors (Lipinski definition) is 4. The summed E-state index contributed by atoms with van der Waals surface area (Å²) >= 11 is 5.83. The van der Waals surface area contributed by atoms with Crippen molar-refractivity contribution >= 4 is 41.0 Å². The summed E-state index contributed by atoms with van der Waals surface area (Å²) in [6, 6.07) is 20.9. The lowest BCUT2D eigenvalue weighted by Crippen LogP contribution is -2.18. The lowest BCUT2D eigenvalue weighted by atomic mass is 10.1. The van der Waals surface area contributed by atoms with Gasteiger partial charge < -0.3 is 10.2 Å². The van der Waals surface area contributed by atoms with Crippen molar-refractivity contribution in [1.29, 1.82) is 0 Å². The van der Waals surface area contributed by atoms with Crippen molar-refractivity contribution in [3.8, 4) is 0 Å². The fraction of sp³-hybridized carbons (Fsp3) is 0.0870. The van der Waals surface area contributed by atoms with Crippen LogP contribution in [0.15, 0.2) is 77.9 Å². The Hall–Kier alpha value is -3.64. The van der Waals surface area contributed by atoms with Gasteiger partial charge in [0.05, 0.1) is 6.21 Å². The zero-order valence-corrected chi connectivity index (χ0v) is 17.4. The van der Waals surface area contributed by atoms with Crippen molar-refractivity contribution in [3.05, 3.63) is 94.5 Å². The molecule has 2 N–H and O–H groups in total. The Morgan fingerprint density at radius 3 is 2.00 bits per heavy atom. The number of hydrazone groups is 1. The van der Waals surface area contributed by atoms with Crippen LogP contribution in [0.3, 0.4) is 0 Å². The van der Waals surface area contributed by atoms with E-state index in [4.69, 9.17) is 11.6 Å². The zero-order chi connectivity index (χ0) is 21.5. The first kappa shape index (κ1) is 21.1. The third-order valence-electron chi connectivity index (χ3n) is 4.30. The quantitative estimate of drug-likeness (QED) is 0.458. The van der Waals surface area contributed by atoms with Gasteiger partial charge in [0.25, 0.3) is 11.8 Å². The Kier molecular flexibility index (Phi) is 6.83. The molecule has 0 aromatic heterocycles. The number of carbonyl (C=O) groups excluding carboxylic acids is 2. The molecular weight excluding hydrogens is 400 g/mol. The van der Waals surface area contributed by atoms with E-state index in [1.807, 2.05) is 43.3 Å². The number of anilines is 2. The molecular formula is C23H21ClN4O2. The molecule has 0 radical (unpaired) electrons. The fourth-order valence-electron chi connectivity index (χ4n) is 2.60. The summed E-state index contributed by atoms with van der Waals surface area (Å²) in [6.07, 6.45) is 1.58. The van der Waals surface area contributed by atoms with E-state index in [2.05, 4.69) is 15.8 Å². The second-order valence-corrected chi connectivity index (χ2v) is 7.16. The van der Waals surface area contributed by atoms with Crippen molar-refractivity contribution in [3.63, 3.8) is 0 Å². The minimum absolute atomic E-state index is 0.256. The maximum atomic E-state index is 12.2. The number of hydrogen-bond donors (Lipinski definition) is 2. The molecule has 0 atom stereocenters. The van der Waals surface area contributed by atoms with Gasteiger partial charge >= 0.3 is 0 Å². The molecule has 0 aliphatic rings. The molecule has 0 heterocycles. The van der Waals surface area contributed by atoms with E-state index in [1.165, 1.54) is 0 Å². The van der Waals surface area contributed by atoms with Crippen LogP contribution in [0.4, 0.5) is 11.4 Å². The summed E-state index contributed by atoms with van der Waals surface area (Å²) in [5, 5.41) is 7.33. The Labute approximate surface area is 180 Å². The molecule has 2 amide bonds. The lowest BCUT2D eigenvalue weighted by molar-refractivity contribution is 0.0954. The highest BCUT2D eigenvalue weighted by atomic mass is 35.5. The zero-order valence-electron chi connectivity index (χ0n) is 16.6. The second kappa shape index (κ2) is 9.71. The highest BCUT2D eigenvalue weighted by Gasteiger charge is 2.08. The second-order valence-electron chi connectivity index (χ2n) is 6.72. The van der Waals surface area contributed by atoms with E-state index in [0.29, 0.717) is 21.8 Å². The molecule has 152 valence electrons. The minimum atomic E-state index is -0.341. The predicted octanol–water partition coefficient (Wildman–Crippen LogP) is 4.42. The summed E-state index contributed by atoms with van der Waals surface area (Å²) in [5.41, 5.74) is 5.96. The van der Waals surface area contributed by atoms with Gasteiger partial charge in [-0.2, -0.15) is 5.10 Å². The lowest BCUT2D eigenvalue weighted by Gasteiger charge is -2.11. The third kappa shape index (κ3) is 5.68. The van der Waals surface area contributed by atoms with Crippen molar-refractivity contribution < 1.29 is 9.59 Å². The van der Waals surface area contributed by atoms with Crippen LogP contribution in [0, 0.1) is 0 Å². The fourth-order valence-corrected chi connectivity index (χ4v) is 2.72. The van der Waals surface area contributed by atoms with Crippen molar-refractivity contribution in [1.82, 2.24) is 5.43 Å². The Morgan fingerprint density at radius 2 is 1.40 bits per heavy atom. The van der Waals surface area contributed by atoms with Gasteiger partial charge in [-0.3, -0.25) is 9.59 Å². The van der Waals surface area contributed by atoms with Crippen LogP contribution in [-0.4, -0.2) is 32.1 Å². The molecule has 0 aliphatic carbocycles. The van der Waals surface area contributed by atoms with Crippen LogP contribution < -0.4 is 15.6 Å². The van der Waals surface area contributed by atoms with Crippen molar-refractivity contribution in [2.75, 3.05) is 24.3 Å². The molecule has 3 rings (SSSR count). The Morgan fingerprint density at radius 1 is 0.833 bits per heavy atom. The van der Waals surface area contributed by atoms with Gasteiger partial charge in [0.2, 0.25) is 0 Å². The largest absolute Gasteiger partial charge is 0.378 e. The molecule has 0 aliphatic heterocycles. The van der Waals surface area contributed by atoms with Gasteiger partial charge in [-0.1, -0.05) is 23.7 Å². The van der Waals surface area contributed by atoms with Gasteiger partial charge in [0.15, 0.2) is 0 Å². The molecule has 0 saturated carbocycles. The summed E-state index contributed by atoms with van der Waals surface area (Å²) < 4.78 is 0. The monoisotopic (exact) mass is 420 g/mol. The van der Waals surface area contributed by atoms with Crippen LogP contribution in [0.1, 0.15) is 26.3 Å². The minimum Gasteiger partial charge on any atom is -0.378 e. The number of nitrogens with one attached hydrogen (secondary N) is 2.